The molecule has 3 aromatic rings. The van der Waals surface area contributed by atoms with Crippen LogP contribution in [-0.2, 0) is 0 Å². The van der Waals surface area contributed by atoms with Gasteiger partial charge in [-0.25, -0.2) is 4.98 Å². The van der Waals surface area contributed by atoms with Gasteiger partial charge < -0.3 is 4.42 Å². The van der Waals surface area contributed by atoms with Crippen LogP contribution in [0.25, 0.3) is 22.6 Å². The predicted octanol–water partition coefficient (Wildman–Crippen LogP) is 4.13. The molecule has 0 spiro atoms. The van der Waals surface area contributed by atoms with Crippen molar-refractivity contribution in [3.8, 4) is 22.6 Å². The zero-order chi connectivity index (χ0) is 10.1. The molecule has 0 fully saturated rings. The molecule has 3 aromatic heterocycles. The molecule has 15 heavy (non-hydrogen) atoms. The summed E-state index contributed by atoms with van der Waals surface area (Å²) in [5.74, 6) is 0.856. The number of rotatable bonds is 2. The van der Waals surface area contributed by atoms with Gasteiger partial charge in [-0.15, -0.1) is 0 Å². The van der Waals surface area contributed by atoms with Crippen LogP contribution in [0, 0.1) is 0 Å². The van der Waals surface area contributed by atoms with E-state index in [2.05, 4.69) is 21.8 Å². The summed E-state index contributed by atoms with van der Waals surface area (Å²) >= 11 is 3.32. The highest BCUT2D eigenvalue weighted by atomic mass is 32.1. The van der Waals surface area contributed by atoms with Crippen molar-refractivity contribution in [1.82, 2.24) is 4.98 Å². The summed E-state index contributed by atoms with van der Waals surface area (Å²) in [7, 11) is 0. The summed E-state index contributed by atoms with van der Waals surface area (Å²) < 4.78 is 5.43. The Morgan fingerprint density at radius 2 is 1.73 bits per heavy atom. The summed E-state index contributed by atoms with van der Waals surface area (Å²) in [5.41, 5.74) is 3.14. The van der Waals surface area contributed by atoms with Crippen molar-refractivity contribution in [2.24, 2.45) is 0 Å². The van der Waals surface area contributed by atoms with Gasteiger partial charge in [-0.1, -0.05) is 0 Å². The number of nitrogens with zero attached hydrogens (tertiary/aromatic N) is 1. The van der Waals surface area contributed by atoms with Gasteiger partial charge in [0.25, 0.3) is 0 Å². The molecule has 0 amide bonds. The summed E-state index contributed by atoms with van der Waals surface area (Å²) in [4.78, 5) is 4.26. The molecule has 3 rings (SSSR count). The largest absolute Gasteiger partial charge is 0.443 e. The molecule has 0 saturated carbocycles. The molecule has 0 radical (unpaired) electrons. The van der Waals surface area contributed by atoms with E-state index in [0.717, 1.165) is 22.6 Å². The molecule has 2 nitrogen and oxygen atoms in total. The molecule has 0 N–H and O–H groups in total. The number of oxazole rings is 1. The van der Waals surface area contributed by atoms with E-state index in [-0.39, 0.29) is 0 Å². The van der Waals surface area contributed by atoms with Crippen LogP contribution >= 0.6 is 22.7 Å². The van der Waals surface area contributed by atoms with Crippen molar-refractivity contribution >= 4 is 22.7 Å². The highest BCUT2D eigenvalue weighted by Gasteiger charge is 2.12. The third-order valence-electron chi connectivity index (χ3n) is 2.15. The van der Waals surface area contributed by atoms with E-state index in [9.17, 15) is 0 Å². The SMILES string of the molecule is c1nc(-c2ccsc2)c(-c2ccsc2)o1. The normalized spacial score (nSPS) is 10.7. The van der Waals surface area contributed by atoms with E-state index in [1.54, 1.807) is 22.7 Å². The Balaban J connectivity index is 2.15. The van der Waals surface area contributed by atoms with E-state index >= 15 is 0 Å². The first-order valence-electron chi connectivity index (χ1n) is 4.44. The van der Waals surface area contributed by atoms with Gasteiger partial charge in [0.1, 0.15) is 5.69 Å². The van der Waals surface area contributed by atoms with Crippen molar-refractivity contribution in [3.63, 3.8) is 0 Å². The molecule has 0 aliphatic carbocycles. The molecule has 0 atom stereocenters. The van der Waals surface area contributed by atoms with Gasteiger partial charge in [0, 0.05) is 21.9 Å². The van der Waals surface area contributed by atoms with Gasteiger partial charge in [0.2, 0.25) is 0 Å². The van der Waals surface area contributed by atoms with Crippen LogP contribution in [-0.4, -0.2) is 4.98 Å². The molecule has 74 valence electrons. The monoisotopic (exact) mass is 233 g/mol. The lowest BCUT2D eigenvalue weighted by Gasteiger charge is -1.94. The zero-order valence-corrected chi connectivity index (χ0v) is 9.35. The molecule has 0 unspecified atom stereocenters. The van der Waals surface area contributed by atoms with Crippen LogP contribution in [0.2, 0.25) is 0 Å². The standard InChI is InChI=1S/C11H7NOS2/c1-3-14-5-8(1)10-11(13-7-12-10)9-2-4-15-6-9/h1-7H. The summed E-state index contributed by atoms with van der Waals surface area (Å²) in [6.45, 7) is 0. The Hall–Kier alpha value is -1.39. The van der Waals surface area contributed by atoms with Crippen molar-refractivity contribution in [2.45, 2.75) is 0 Å². The molecule has 3 heterocycles. The second-order valence-electron chi connectivity index (χ2n) is 3.05. The number of thiophene rings is 2. The lowest BCUT2D eigenvalue weighted by Crippen LogP contribution is -1.76. The second kappa shape index (κ2) is 3.64. The third-order valence-corrected chi connectivity index (χ3v) is 3.51. The zero-order valence-electron chi connectivity index (χ0n) is 7.71. The van der Waals surface area contributed by atoms with Crippen LogP contribution in [0.5, 0.6) is 0 Å². The van der Waals surface area contributed by atoms with Gasteiger partial charge >= 0.3 is 0 Å². The van der Waals surface area contributed by atoms with Crippen LogP contribution in [0.4, 0.5) is 0 Å². The van der Waals surface area contributed by atoms with E-state index < -0.39 is 0 Å². The summed E-state index contributed by atoms with van der Waals surface area (Å²) in [5, 5.41) is 8.22. The Bertz CT molecular complexity index is 488. The van der Waals surface area contributed by atoms with E-state index in [1.807, 2.05) is 16.8 Å². The lowest BCUT2D eigenvalue weighted by molar-refractivity contribution is 0.572. The third kappa shape index (κ3) is 1.52. The second-order valence-corrected chi connectivity index (χ2v) is 4.61. The number of aromatic nitrogens is 1. The van der Waals surface area contributed by atoms with Crippen molar-refractivity contribution < 1.29 is 4.42 Å². The van der Waals surface area contributed by atoms with E-state index in [1.165, 1.54) is 6.39 Å². The van der Waals surface area contributed by atoms with Crippen LogP contribution < -0.4 is 0 Å². The fourth-order valence-corrected chi connectivity index (χ4v) is 2.73. The first-order valence-corrected chi connectivity index (χ1v) is 6.32. The molecular formula is C11H7NOS2. The topological polar surface area (TPSA) is 26.0 Å². The summed E-state index contributed by atoms with van der Waals surface area (Å²) in [6, 6.07) is 4.10. The average Bonchev–Trinajstić information content (AvgIpc) is 3.01. The fourth-order valence-electron chi connectivity index (χ4n) is 1.45. The predicted molar refractivity (Wildman–Crippen MR) is 63.1 cm³/mol. The first kappa shape index (κ1) is 8.88. The lowest BCUT2D eigenvalue weighted by atomic mass is 10.1. The number of hydrogen-bond donors (Lipinski definition) is 0. The van der Waals surface area contributed by atoms with Gasteiger partial charge in [0.05, 0.1) is 0 Å². The smallest absolute Gasteiger partial charge is 0.182 e. The van der Waals surface area contributed by atoms with Crippen LogP contribution in [0.15, 0.2) is 44.5 Å². The van der Waals surface area contributed by atoms with Gasteiger partial charge in [-0.3, -0.25) is 0 Å². The minimum absolute atomic E-state index is 0.856. The van der Waals surface area contributed by atoms with Crippen molar-refractivity contribution in [1.29, 1.82) is 0 Å². The van der Waals surface area contributed by atoms with Crippen LogP contribution in [0.1, 0.15) is 0 Å². The quantitative estimate of drug-likeness (QED) is 0.665. The Labute approximate surface area is 94.8 Å². The fraction of sp³-hybridized carbons (Fsp3) is 0. The van der Waals surface area contributed by atoms with E-state index in [4.69, 9.17) is 4.42 Å². The minimum atomic E-state index is 0.856. The maximum absolute atomic E-state index is 5.43. The molecule has 4 heteroatoms. The maximum Gasteiger partial charge on any atom is 0.182 e. The molecule has 0 aliphatic rings. The Morgan fingerprint density at radius 3 is 2.40 bits per heavy atom. The van der Waals surface area contributed by atoms with Gasteiger partial charge in [-0.2, -0.15) is 22.7 Å². The van der Waals surface area contributed by atoms with Crippen molar-refractivity contribution in [2.75, 3.05) is 0 Å². The molecular weight excluding hydrogens is 226 g/mol. The average molecular weight is 233 g/mol. The van der Waals surface area contributed by atoms with Gasteiger partial charge in [0.15, 0.2) is 12.2 Å². The van der Waals surface area contributed by atoms with Crippen molar-refractivity contribution in [3.05, 3.63) is 40.0 Å². The Morgan fingerprint density at radius 1 is 1.00 bits per heavy atom. The Kier molecular flexibility index (Phi) is 2.16. The molecule has 0 bridgehead atoms. The first-order chi connectivity index (χ1) is 7.45. The number of hydrogen-bond acceptors (Lipinski definition) is 4. The highest BCUT2D eigenvalue weighted by molar-refractivity contribution is 7.08. The highest BCUT2D eigenvalue weighted by Crippen LogP contribution is 2.32. The minimum Gasteiger partial charge on any atom is -0.443 e. The molecule has 0 aromatic carbocycles. The maximum atomic E-state index is 5.43. The molecule has 0 saturated heterocycles. The summed E-state index contributed by atoms with van der Waals surface area (Å²) in [6.07, 6.45) is 1.50. The molecule has 0 aliphatic heterocycles. The van der Waals surface area contributed by atoms with E-state index in [0.29, 0.717) is 0 Å². The van der Waals surface area contributed by atoms with Gasteiger partial charge in [-0.05, 0) is 22.9 Å². The van der Waals surface area contributed by atoms with Crippen LogP contribution in [0.3, 0.4) is 0 Å².